The molecular formula is C30H43N7O3. The highest BCUT2D eigenvalue weighted by Crippen LogP contribution is 2.38. The molecule has 0 spiro atoms. The number of hydrogen-bond donors (Lipinski definition) is 1. The van der Waals surface area contributed by atoms with Crippen molar-refractivity contribution in [1.82, 2.24) is 30.0 Å². The molecule has 5 rings (SSSR count). The Morgan fingerprint density at radius 1 is 1.12 bits per heavy atom. The first-order chi connectivity index (χ1) is 19.2. The van der Waals surface area contributed by atoms with Gasteiger partial charge in [-0.05, 0) is 71.0 Å². The fraction of sp³-hybridized carbons (Fsp3) is 0.600. The summed E-state index contributed by atoms with van der Waals surface area (Å²) in [6, 6.07) is 9.31. The normalized spacial score (nSPS) is 16.3. The number of rotatable bonds is 10. The minimum atomic E-state index is -0.490. The Morgan fingerprint density at radius 3 is 2.62 bits per heavy atom. The molecule has 10 nitrogen and oxygen atoms in total. The van der Waals surface area contributed by atoms with Crippen molar-refractivity contribution < 1.29 is 14.3 Å². The van der Waals surface area contributed by atoms with Crippen molar-refractivity contribution in [3.05, 3.63) is 36.0 Å². The van der Waals surface area contributed by atoms with E-state index >= 15 is 0 Å². The molecule has 1 amide bonds. The van der Waals surface area contributed by atoms with E-state index in [0.717, 1.165) is 80.1 Å². The minimum absolute atomic E-state index is 0.302. The van der Waals surface area contributed by atoms with Gasteiger partial charge in [0.25, 0.3) is 0 Å². The number of aromatic nitrogens is 4. The molecule has 216 valence electrons. The molecule has 1 N–H and O–H groups in total. The molecule has 0 bridgehead atoms. The van der Waals surface area contributed by atoms with Gasteiger partial charge in [0.15, 0.2) is 11.5 Å². The quantitative estimate of drug-likeness (QED) is 0.371. The largest absolute Gasteiger partial charge is 0.444 e. The van der Waals surface area contributed by atoms with Crippen LogP contribution in [-0.4, -0.2) is 89.3 Å². The zero-order chi connectivity index (χ0) is 28.3. The number of nitrogens with one attached hydrogen (secondary N) is 1. The first-order valence-electron chi connectivity index (χ1n) is 14.5. The Morgan fingerprint density at radius 2 is 1.90 bits per heavy atom. The highest BCUT2D eigenvalue weighted by atomic mass is 16.6. The molecule has 1 saturated heterocycles. The van der Waals surface area contributed by atoms with Gasteiger partial charge < -0.3 is 24.6 Å². The van der Waals surface area contributed by atoms with Gasteiger partial charge in [-0.2, -0.15) is 5.10 Å². The van der Waals surface area contributed by atoms with Crippen LogP contribution in [0.25, 0.3) is 22.4 Å². The van der Waals surface area contributed by atoms with Gasteiger partial charge in [-0.15, -0.1) is 0 Å². The number of likely N-dealkylation sites (N-methyl/N-ethyl adjacent to an activating group) is 1. The van der Waals surface area contributed by atoms with Crippen molar-refractivity contribution in [2.45, 2.75) is 70.6 Å². The van der Waals surface area contributed by atoms with Gasteiger partial charge in [0.05, 0.1) is 17.6 Å². The van der Waals surface area contributed by atoms with Crippen molar-refractivity contribution in [2.75, 3.05) is 51.8 Å². The van der Waals surface area contributed by atoms with Crippen LogP contribution in [0.1, 0.15) is 58.1 Å². The summed E-state index contributed by atoms with van der Waals surface area (Å²) in [4.78, 5) is 26.2. The lowest BCUT2D eigenvalue weighted by molar-refractivity contribution is 0.0300. The van der Waals surface area contributed by atoms with Crippen LogP contribution in [-0.2, 0) is 15.9 Å². The summed E-state index contributed by atoms with van der Waals surface area (Å²) in [5.74, 6) is 1.68. The second-order valence-corrected chi connectivity index (χ2v) is 12.0. The van der Waals surface area contributed by atoms with Crippen LogP contribution in [0, 0.1) is 0 Å². The summed E-state index contributed by atoms with van der Waals surface area (Å²) in [7, 11) is 3.90. The van der Waals surface area contributed by atoms with Crippen LogP contribution < -0.4 is 10.2 Å². The van der Waals surface area contributed by atoms with Crippen molar-refractivity contribution in [3.8, 4) is 11.4 Å². The molecule has 3 heterocycles. The zero-order valence-corrected chi connectivity index (χ0v) is 24.5. The van der Waals surface area contributed by atoms with Crippen LogP contribution >= 0.6 is 0 Å². The Balaban J connectivity index is 1.27. The van der Waals surface area contributed by atoms with Crippen molar-refractivity contribution in [2.24, 2.45) is 0 Å². The lowest BCUT2D eigenvalue weighted by Crippen LogP contribution is -2.38. The second-order valence-electron chi connectivity index (χ2n) is 12.0. The lowest BCUT2D eigenvalue weighted by Gasteiger charge is -2.32. The van der Waals surface area contributed by atoms with E-state index in [2.05, 4.69) is 46.2 Å². The molecule has 0 atom stereocenters. The van der Waals surface area contributed by atoms with E-state index in [4.69, 9.17) is 24.5 Å². The third-order valence-corrected chi connectivity index (χ3v) is 7.50. The number of amides is 1. The fourth-order valence-electron chi connectivity index (χ4n) is 5.04. The molecule has 1 aliphatic carbocycles. The number of hydrogen-bond acceptors (Lipinski definition) is 8. The van der Waals surface area contributed by atoms with E-state index in [-0.39, 0.29) is 6.09 Å². The van der Waals surface area contributed by atoms with Crippen molar-refractivity contribution in [3.63, 3.8) is 0 Å². The van der Waals surface area contributed by atoms with Crippen LogP contribution in [0.15, 0.2) is 30.5 Å². The van der Waals surface area contributed by atoms with Gasteiger partial charge in [-0.1, -0.05) is 18.2 Å². The van der Waals surface area contributed by atoms with Crippen LogP contribution in [0.2, 0.25) is 0 Å². The Bertz CT molecular complexity index is 1310. The monoisotopic (exact) mass is 549 g/mol. The summed E-state index contributed by atoms with van der Waals surface area (Å²) in [6.45, 7) is 9.28. The van der Waals surface area contributed by atoms with E-state index in [1.165, 1.54) is 5.56 Å². The predicted molar refractivity (Wildman–Crippen MR) is 157 cm³/mol. The van der Waals surface area contributed by atoms with Crippen LogP contribution in [0.3, 0.4) is 0 Å². The smallest absolute Gasteiger partial charge is 0.410 e. The van der Waals surface area contributed by atoms with E-state index in [9.17, 15) is 4.79 Å². The number of carbonyl (C=O) groups is 1. The maximum absolute atomic E-state index is 12.1. The van der Waals surface area contributed by atoms with Gasteiger partial charge in [0.1, 0.15) is 11.4 Å². The third-order valence-electron chi connectivity index (χ3n) is 7.50. The number of benzene rings is 1. The summed E-state index contributed by atoms with van der Waals surface area (Å²) < 4.78 is 13.1. The summed E-state index contributed by atoms with van der Waals surface area (Å²) >= 11 is 0. The summed E-state index contributed by atoms with van der Waals surface area (Å²) in [5.41, 5.74) is 2.65. The van der Waals surface area contributed by atoms with Crippen molar-refractivity contribution in [1.29, 1.82) is 0 Å². The molecule has 1 aliphatic heterocycles. The van der Waals surface area contributed by atoms with E-state index in [1.54, 1.807) is 11.9 Å². The van der Waals surface area contributed by atoms with E-state index in [0.29, 0.717) is 25.2 Å². The Kier molecular flexibility index (Phi) is 8.56. The molecule has 1 aromatic carbocycles. The summed E-state index contributed by atoms with van der Waals surface area (Å²) in [5, 5.41) is 9.17. The van der Waals surface area contributed by atoms with Gasteiger partial charge in [-0.25, -0.2) is 19.4 Å². The Labute approximate surface area is 237 Å². The highest BCUT2D eigenvalue weighted by Gasteiger charge is 2.29. The predicted octanol–water partition coefficient (Wildman–Crippen LogP) is 4.44. The SMILES string of the molecule is CN(CCNCCc1cccc(-c2nc(N(C)C3CCOCC3)c3cnn(C4CC4)c3n2)c1)C(=O)OC(C)(C)C. The Hall–Kier alpha value is -3.24. The molecule has 40 heavy (non-hydrogen) atoms. The molecule has 0 unspecified atom stereocenters. The second kappa shape index (κ2) is 12.1. The lowest BCUT2D eigenvalue weighted by atomic mass is 10.1. The maximum atomic E-state index is 12.1. The van der Waals surface area contributed by atoms with Crippen LogP contribution in [0.5, 0.6) is 0 Å². The zero-order valence-electron chi connectivity index (χ0n) is 24.5. The first-order valence-corrected chi connectivity index (χ1v) is 14.5. The topological polar surface area (TPSA) is 97.6 Å². The average molecular weight is 550 g/mol. The van der Waals surface area contributed by atoms with Gasteiger partial charge in [0.2, 0.25) is 0 Å². The van der Waals surface area contributed by atoms with Crippen LogP contribution in [0.4, 0.5) is 10.6 Å². The molecule has 1 saturated carbocycles. The summed E-state index contributed by atoms with van der Waals surface area (Å²) in [6.07, 6.45) is 6.78. The maximum Gasteiger partial charge on any atom is 0.410 e. The highest BCUT2D eigenvalue weighted by molar-refractivity contribution is 5.89. The van der Waals surface area contributed by atoms with Gasteiger partial charge in [0, 0.05) is 52.0 Å². The van der Waals surface area contributed by atoms with E-state index < -0.39 is 5.60 Å². The first kappa shape index (κ1) is 28.3. The molecular weight excluding hydrogens is 506 g/mol. The molecule has 10 heteroatoms. The number of ether oxygens (including phenoxy) is 2. The van der Waals surface area contributed by atoms with Gasteiger partial charge >= 0.3 is 6.09 Å². The fourth-order valence-corrected chi connectivity index (χ4v) is 5.04. The molecule has 2 aliphatic rings. The van der Waals surface area contributed by atoms with Gasteiger partial charge in [-0.3, -0.25) is 0 Å². The number of fused-ring (bicyclic) bond motifs is 1. The molecule has 3 aromatic rings. The molecule has 2 aromatic heterocycles. The van der Waals surface area contributed by atoms with E-state index in [1.807, 2.05) is 27.0 Å². The molecule has 2 fully saturated rings. The third kappa shape index (κ3) is 6.90. The number of anilines is 1. The molecule has 0 radical (unpaired) electrons. The average Bonchev–Trinajstić information content (AvgIpc) is 3.69. The minimum Gasteiger partial charge on any atom is -0.444 e. The van der Waals surface area contributed by atoms with Crippen molar-refractivity contribution >= 4 is 22.9 Å². The number of carbonyl (C=O) groups excluding carboxylic acids is 1. The standard InChI is InChI=1S/C30H43N7O3/c1-30(2,3)40-29(38)35(4)16-15-31-14-11-21-7-6-8-22(19-21)26-33-27(36(5)23-12-17-39-18-13-23)25-20-32-37(24-9-10-24)28(25)34-26/h6-8,19-20,23-24,31H,9-18H2,1-5H3. The number of nitrogens with zero attached hydrogens (tertiary/aromatic N) is 6.